The van der Waals surface area contributed by atoms with E-state index in [1.807, 2.05) is 53.9 Å². The Labute approximate surface area is 115 Å². The van der Waals surface area contributed by atoms with Crippen LogP contribution in [0.1, 0.15) is 18.4 Å². The molecule has 0 aromatic heterocycles. The second-order valence-corrected chi connectivity index (χ2v) is 5.58. The van der Waals surface area contributed by atoms with E-state index in [9.17, 15) is 4.79 Å². The molecule has 1 aromatic rings. The number of carbonyl (C=O) groups is 1. The first-order valence-corrected chi connectivity index (χ1v) is 6.86. The van der Waals surface area contributed by atoms with Gasteiger partial charge in [0.1, 0.15) is 11.9 Å². The Balaban J connectivity index is 1.84. The number of hydrogen-bond acceptors (Lipinski definition) is 3. The van der Waals surface area contributed by atoms with Crippen LogP contribution in [0.25, 0.3) is 0 Å². The average Bonchev–Trinajstić information content (AvgIpc) is 2.24. The fraction of sp³-hybridized carbons (Fsp3) is 0.462. The molecule has 0 bridgehead atoms. The summed E-state index contributed by atoms with van der Waals surface area (Å²) < 4.78 is 5.97. The molecule has 0 unspecified atom stereocenters. The SMILES string of the molecule is CN[C@H]1C[C@H](Oc2ccc(CC(=O)I)cc2)C1. The fourth-order valence-corrected chi connectivity index (χ4v) is 2.38. The fourth-order valence-electron chi connectivity index (χ4n) is 1.94. The molecule has 92 valence electrons. The summed E-state index contributed by atoms with van der Waals surface area (Å²) in [5.41, 5.74) is 1.04. The molecule has 2 rings (SSSR count). The van der Waals surface area contributed by atoms with Gasteiger partial charge in [0.2, 0.25) is 0 Å². The zero-order chi connectivity index (χ0) is 12.3. The number of ether oxygens (including phenoxy) is 1. The minimum absolute atomic E-state index is 0.159. The molecule has 0 aliphatic heterocycles. The van der Waals surface area contributed by atoms with Gasteiger partial charge in [-0.2, -0.15) is 0 Å². The van der Waals surface area contributed by atoms with Crippen molar-refractivity contribution in [1.29, 1.82) is 0 Å². The van der Waals surface area contributed by atoms with Crippen LogP contribution < -0.4 is 10.1 Å². The Bertz CT molecular complexity index is 385. The quantitative estimate of drug-likeness (QED) is 0.658. The Kier molecular flexibility index (Phi) is 4.39. The van der Waals surface area contributed by atoms with Gasteiger partial charge in [0, 0.05) is 12.5 Å². The van der Waals surface area contributed by atoms with E-state index in [-0.39, 0.29) is 3.79 Å². The van der Waals surface area contributed by atoms with Gasteiger partial charge >= 0.3 is 0 Å². The van der Waals surface area contributed by atoms with E-state index in [4.69, 9.17) is 4.74 Å². The Morgan fingerprint density at radius 2 is 2.06 bits per heavy atom. The van der Waals surface area contributed by atoms with Crippen molar-refractivity contribution in [2.24, 2.45) is 0 Å². The molecule has 0 radical (unpaired) electrons. The number of rotatable bonds is 5. The van der Waals surface area contributed by atoms with Gasteiger partial charge in [-0.05, 0) is 60.2 Å². The van der Waals surface area contributed by atoms with Crippen LogP contribution in [0.5, 0.6) is 5.75 Å². The predicted molar refractivity (Wildman–Crippen MR) is 75.7 cm³/mol. The summed E-state index contributed by atoms with van der Waals surface area (Å²) in [7, 11) is 1.98. The summed E-state index contributed by atoms with van der Waals surface area (Å²) in [6.45, 7) is 0. The minimum Gasteiger partial charge on any atom is -0.490 e. The molecule has 17 heavy (non-hydrogen) atoms. The Hall–Kier alpha value is -0.620. The van der Waals surface area contributed by atoms with Crippen molar-refractivity contribution < 1.29 is 9.53 Å². The van der Waals surface area contributed by atoms with E-state index in [1.165, 1.54) is 0 Å². The van der Waals surface area contributed by atoms with E-state index < -0.39 is 0 Å². The lowest BCUT2D eigenvalue weighted by molar-refractivity contribution is -0.108. The van der Waals surface area contributed by atoms with Gasteiger partial charge in [-0.1, -0.05) is 12.1 Å². The summed E-state index contributed by atoms with van der Waals surface area (Å²) in [6.07, 6.45) is 2.98. The van der Waals surface area contributed by atoms with Gasteiger partial charge in [0.15, 0.2) is 3.79 Å². The third kappa shape index (κ3) is 3.67. The van der Waals surface area contributed by atoms with Crippen LogP contribution in [-0.4, -0.2) is 23.0 Å². The summed E-state index contributed by atoms with van der Waals surface area (Å²) in [5, 5.41) is 3.23. The molecule has 0 atom stereocenters. The molecule has 0 saturated heterocycles. The molecule has 0 amide bonds. The summed E-state index contributed by atoms with van der Waals surface area (Å²) in [5.74, 6) is 0.897. The van der Waals surface area contributed by atoms with Gasteiger partial charge in [-0.15, -0.1) is 0 Å². The highest BCUT2D eigenvalue weighted by atomic mass is 127. The smallest absolute Gasteiger partial charge is 0.196 e. The van der Waals surface area contributed by atoms with E-state index in [0.29, 0.717) is 18.6 Å². The van der Waals surface area contributed by atoms with Crippen molar-refractivity contribution in [3.05, 3.63) is 29.8 Å². The normalized spacial score (nSPS) is 22.9. The van der Waals surface area contributed by atoms with Crippen LogP contribution in [0, 0.1) is 0 Å². The lowest BCUT2D eigenvalue weighted by Crippen LogP contribution is -2.45. The van der Waals surface area contributed by atoms with Crippen molar-refractivity contribution in [1.82, 2.24) is 5.32 Å². The lowest BCUT2D eigenvalue weighted by atomic mass is 9.89. The molecule has 1 saturated carbocycles. The molecule has 1 N–H and O–H groups in total. The Morgan fingerprint density at radius 3 is 2.59 bits per heavy atom. The molecule has 0 heterocycles. The number of carbonyl (C=O) groups excluding carboxylic acids is 1. The summed E-state index contributed by atoms with van der Waals surface area (Å²) in [4.78, 5) is 10.9. The third-order valence-electron chi connectivity index (χ3n) is 3.07. The zero-order valence-electron chi connectivity index (χ0n) is 9.78. The molecule has 1 aliphatic carbocycles. The lowest BCUT2D eigenvalue weighted by Gasteiger charge is -2.35. The molecular formula is C13H16INO2. The standard InChI is InChI=1S/C13H16INO2/c1-15-10-7-12(8-10)17-11-4-2-9(3-5-11)6-13(14)16/h2-5,10,12,15H,6-8H2,1H3/t10-,12-. The molecule has 1 aromatic carbocycles. The number of benzene rings is 1. The predicted octanol–water partition coefficient (Wildman–Crippen LogP) is 2.32. The topological polar surface area (TPSA) is 38.3 Å². The van der Waals surface area contributed by atoms with Crippen LogP contribution in [0.3, 0.4) is 0 Å². The molecule has 1 fully saturated rings. The van der Waals surface area contributed by atoms with Gasteiger partial charge in [-0.3, -0.25) is 4.79 Å². The largest absolute Gasteiger partial charge is 0.490 e. The second kappa shape index (κ2) is 5.82. The van der Waals surface area contributed by atoms with Crippen molar-refractivity contribution in [2.45, 2.75) is 31.4 Å². The molecular weight excluding hydrogens is 329 g/mol. The number of nitrogens with one attached hydrogen (secondary N) is 1. The first kappa shape index (κ1) is 12.8. The van der Waals surface area contributed by atoms with E-state index in [1.54, 1.807) is 0 Å². The van der Waals surface area contributed by atoms with Crippen molar-refractivity contribution in [3.63, 3.8) is 0 Å². The van der Waals surface area contributed by atoms with Crippen LogP contribution in [0.2, 0.25) is 0 Å². The third-order valence-corrected chi connectivity index (χ3v) is 3.45. The highest BCUT2D eigenvalue weighted by Crippen LogP contribution is 2.25. The van der Waals surface area contributed by atoms with E-state index >= 15 is 0 Å². The average molecular weight is 345 g/mol. The van der Waals surface area contributed by atoms with Gasteiger partial charge < -0.3 is 10.1 Å². The molecule has 1 aliphatic rings. The van der Waals surface area contributed by atoms with Gasteiger partial charge in [0.05, 0.1) is 0 Å². The Morgan fingerprint density at radius 1 is 1.41 bits per heavy atom. The maximum atomic E-state index is 10.9. The van der Waals surface area contributed by atoms with E-state index in [0.717, 1.165) is 24.2 Å². The monoisotopic (exact) mass is 345 g/mol. The molecule has 0 spiro atoms. The highest BCUT2D eigenvalue weighted by Gasteiger charge is 2.29. The zero-order valence-corrected chi connectivity index (χ0v) is 11.9. The first-order chi connectivity index (χ1) is 8.17. The van der Waals surface area contributed by atoms with Crippen molar-refractivity contribution in [2.75, 3.05) is 7.05 Å². The van der Waals surface area contributed by atoms with Crippen molar-refractivity contribution >= 4 is 26.4 Å². The van der Waals surface area contributed by atoms with Crippen LogP contribution in [0.15, 0.2) is 24.3 Å². The first-order valence-electron chi connectivity index (χ1n) is 5.78. The highest BCUT2D eigenvalue weighted by molar-refractivity contribution is 14.1. The maximum Gasteiger partial charge on any atom is 0.196 e. The second-order valence-electron chi connectivity index (χ2n) is 4.37. The van der Waals surface area contributed by atoms with Crippen LogP contribution in [0.4, 0.5) is 0 Å². The summed E-state index contributed by atoms with van der Waals surface area (Å²) in [6, 6.07) is 8.42. The van der Waals surface area contributed by atoms with Gasteiger partial charge in [0.25, 0.3) is 0 Å². The summed E-state index contributed by atoms with van der Waals surface area (Å²) >= 11 is 1.82. The molecule has 4 heteroatoms. The minimum atomic E-state index is 0.159. The van der Waals surface area contributed by atoms with Crippen molar-refractivity contribution in [3.8, 4) is 5.75 Å². The van der Waals surface area contributed by atoms with Crippen LogP contribution >= 0.6 is 22.6 Å². The van der Waals surface area contributed by atoms with Gasteiger partial charge in [-0.25, -0.2) is 0 Å². The molecule has 3 nitrogen and oxygen atoms in total. The van der Waals surface area contributed by atoms with E-state index in [2.05, 4.69) is 5.32 Å². The van der Waals surface area contributed by atoms with Crippen LogP contribution in [-0.2, 0) is 11.2 Å². The maximum absolute atomic E-state index is 10.9. The number of halogens is 1. The number of hydrogen-bond donors (Lipinski definition) is 1.